The number of carbonyl (C=O) groups excluding carboxylic acids is 1. The number of fused-ring (bicyclic) bond motifs is 1. The van der Waals surface area contributed by atoms with Gasteiger partial charge in [-0.15, -0.1) is 0 Å². The molecule has 9 nitrogen and oxygen atoms in total. The van der Waals surface area contributed by atoms with Crippen LogP contribution < -0.4 is 5.32 Å². The van der Waals surface area contributed by atoms with Crippen molar-refractivity contribution >= 4 is 23.2 Å². The number of anilines is 1. The number of aromatic nitrogens is 4. The molecule has 2 heterocycles. The fraction of sp³-hybridized carbons (Fsp3) is 0.480. The summed E-state index contributed by atoms with van der Waals surface area (Å²) in [6.45, 7) is -0.469. The van der Waals surface area contributed by atoms with Crippen molar-refractivity contribution in [3.8, 4) is 0 Å². The highest BCUT2D eigenvalue weighted by molar-refractivity contribution is 6.31. The molecule has 2 saturated carbocycles. The van der Waals surface area contributed by atoms with E-state index in [1.165, 1.54) is 18.2 Å². The Bertz CT molecular complexity index is 1290. The van der Waals surface area contributed by atoms with Crippen molar-refractivity contribution in [2.45, 2.75) is 43.3 Å². The van der Waals surface area contributed by atoms with Gasteiger partial charge in [0.1, 0.15) is 17.6 Å². The molecule has 0 aliphatic heterocycles. The van der Waals surface area contributed by atoms with Crippen LogP contribution in [-0.2, 0) is 19.7 Å². The zero-order chi connectivity index (χ0) is 25.8. The molecule has 36 heavy (non-hydrogen) atoms. The van der Waals surface area contributed by atoms with Crippen LogP contribution in [0.1, 0.15) is 65.1 Å². The quantitative estimate of drug-likeness (QED) is 0.398. The van der Waals surface area contributed by atoms with Crippen LogP contribution in [-0.4, -0.2) is 47.2 Å². The molecule has 1 aromatic carbocycles. The van der Waals surface area contributed by atoms with Crippen molar-refractivity contribution in [2.24, 2.45) is 25.9 Å². The van der Waals surface area contributed by atoms with Gasteiger partial charge < -0.3 is 25.2 Å². The van der Waals surface area contributed by atoms with Gasteiger partial charge in [-0.05, 0) is 55.7 Å². The van der Waals surface area contributed by atoms with E-state index in [4.69, 9.17) is 11.6 Å². The SMILES string of the molecule is Cn1cc(C2(O)CC3CC(c4ncn(C)c4C(=O)Nc4ccc(F)c(Cl)c4)CC3C2)c(C(O)CO)n1. The van der Waals surface area contributed by atoms with Crippen LogP contribution in [0.3, 0.4) is 0 Å². The smallest absolute Gasteiger partial charge is 0.274 e. The molecule has 192 valence electrons. The Morgan fingerprint density at radius 3 is 2.64 bits per heavy atom. The van der Waals surface area contributed by atoms with Crippen molar-refractivity contribution in [2.75, 3.05) is 11.9 Å². The number of aryl methyl sites for hydroxylation is 2. The summed E-state index contributed by atoms with van der Waals surface area (Å²) in [7, 11) is 3.48. The van der Waals surface area contributed by atoms with Crippen LogP contribution >= 0.6 is 11.6 Å². The van der Waals surface area contributed by atoms with E-state index in [1.54, 1.807) is 35.9 Å². The standard InChI is InChI=1S/C25H29ClFN5O4/c1-31-12-28-21(23(31)24(35)29-16-3-4-19(27)18(26)7-16)13-5-14-8-25(36,9-15(14)6-13)17-10-32(2)30-22(17)20(34)11-33/h3-4,7,10,12-15,20,33-34,36H,5-6,8-9,11H2,1-2H3,(H,29,35). The van der Waals surface area contributed by atoms with E-state index in [0.717, 1.165) is 12.8 Å². The monoisotopic (exact) mass is 517 g/mol. The minimum atomic E-state index is -1.15. The molecule has 5 rings (SSSR count). The molecule has 3 atom stereocenters. The second kappa shape index (κ2) is 9.26. The average molecular weight is 518 g/mol. The highest BCUT2D eigenvalue weighted by Gasteiger charge is 2.52. The molecule has 11 heteroatoms. The maximum absolute atomic E-state index is 13.5. The van der Waals surface area contributed by atoms with Crippen LogP contribution in [0.5, 0.6) is 0 Å². The fourth-order valence-corrected chi connectivity index (χ4v) is 6.27. The van der Waals surface area contributed by atoms with Gasteiger partial charge in [-0.2, -0.15) is 5.10 Å². The van der Waals surface area contributed by atoms with Crippen molar-refractivity contribution < 1.29 is 24.5 Å². The molecule has 2 aliphatic rings. The van der Waals surface area contributed by atoms with Gasteiger partial charge in [0.2, 0.25) is 0 Å². The Labute approximate surface area is 212 Å². The van der Waals surface area contributed by atoms with E-state index in [1.807, 2.05) is 0 Å². The Kier molecular flexibility index (Phi) is 6.40. The van der Waals surface area contributed by atoms with Crippen molar-refractivity contribution in [1.29, 1.82) is 0 Å². The molecule has 1 amide bonds. The first kappa shape index (κ1) is 24.9. The van der Waals surface area contributed by atoms with E-state index in [0.29, 0.717) is 41.2 Å². The number of halogens is 2. The summed E-state index contributed by atoms with van der Waals surface area (Å²) in [5.74, 6) is -0.419. The zero-order valence-corrected chi connectivity index (χ0v) is 20.8. The summed E-state index contributed by atoms with van der Waals surface area (Å²) in [5.41, 5.74) is 1.28. The van der Waals surface area contributed by atoms with Crippen molar-refractivity contribution in [1.82, 2.24) is 19.3 Å². The molecule has 0 spiro atoms. The van der Waals surface area contributed by atoms with E-state index >= 15 is 0 Å². The second-order valence-corrected chi connectivity index (χ2v) is 10.5. The van der Waals surface area contributed by atoms with Gasteiger partial charge in [0.15, 0.2) is 0 Å². The lowest BCUT2D eigenvalue weighted by Crippen LogP contribution is -2.25. The molecule has 3 aromatic rings. The van der Waals surface area contributed by atoms with E-state index in [9.17, 15) is 24.5 Å². The second-order valence-electron chi connectivity index (χ2n) is 10.1. The maximum atomic E-state index is 13.5. The van der Waals surface area contributed by atoms with Crippen LogP contribution in [0, 0.1) is 17.7 Å². The fourth-order valence-electron chi connectivity index (χ4n) is 6.09. The number of aliphatic hydroxyl groups is 3. The molecule has 2 fully saturated rings. The maximum Gasteiger partial charge on any atom is 0.274 e. The number of aliphatic hydroxyl groups excluding tert-OH is 2. The number of nitrogens with one attached hydrogen (secondary N) is 1. The number of benzene rings is 1. The predicted octanol–water partition coefficient (Wildman–Crippen LogP) is 3.02. The van der Waals surface area contributed by atoms with Crippen LogP contribution in [0.2, 0.25) is 5.02 Å². The zero-order valence-electron chi connectivity index (χ0n) is 20.0. The number of imidazole rings is 1. The molecule has 3 unspecified atom stereocenters. The summed E-state index contributed by atoms with van der Waals surface area (Å²) in [6.07, 6.45) is 4.74. The first-order chi connectivity index (χ1) is 17.1. The Hall–Kier alpha value is -2.79. The van der Waals surface area contributed by atoms with E-state index < -0.39 is 24.1 Å². The molecule has 0 bridgehead atoms. The van der Waals surface area contributed by atoms with Gasteiger partial charge in [-0.3, -0.25) is 9.48 Å². The van der Waals surface area contributed by atoms with E-state index in [2.05, 4.69) is 15.4 Å². The predicted molar refractivity (Wildman–Crippen MR) is 130 cm³/mol. The molecule has 4 N–H and O–H groups in total. The van der Waals surface area contributed by atoms with Crippen molar-refractivity contribution in [3.05, 3.63) is 64.2 Å². The summed E-state index contributed by atoms with van der Waals surface area (Å²) >= 11 is 5.85. The summed E-state index contributed by atoms with van der Waals surface area (Å²) in [6, 6.07) is 4.02. The third-order valence-corrected chi connectivity index (χ3v) is 7.92. The van der Waals surface area contributed by atoms with Gasteiger partial charge in [-0.1, -0.05) is 11.6 Å². The van der Waals surface area contributed by atoms with Gasteiger partial charge in [0.25, 0.3) is 5.91 Å². The largest absolute Gasteiger partial charge is 0.393 e. The van der Waals surface area contributed by atoms with Gasteiger partial charge in [-0.25, -0.2) is 9.37 Å². The average Bonchev–Trinajstić information content (AvgIpc) is 3.57. The molecule has 0 saturated heterocycles. The molecular weight excluding hydrogens is 489 g/mol. The molecule has 2 aromatic heterocycles. The van der Waals surface area contributed by atoms with E-state index in [-0.39, 0.29) is 28.7 Å². The molecular formula is C25H29ClFN5O4. The first-order valence-electron chi connectivity index (χ1n) is 11.9. The lowest BCUT2D eigenvalue weighted by atomic mass is 9.86. The van der Waals surface area contributed by atoms with Crippen LogP contribution in [0.15, 0.2) is 30.7 Å². The Balaban J connectivity index is 1.33. The third kappa shape index (κ3) is 4.32. The normalized spacial score (nSPS) is 26.2. The summed E-state index contributed by atoms with van der Waals surface area (Å²) in [4.78, 5) is 17.7. The molecule has 0 radical (unpaired) electrons. The first-order valence-corrected chi connectivity index (χ1v) is 12.3. The number of amides is 1. The molecule has 2 aliphatic carbocycles. The minimum Gasteiger partial charge on any atom is -0.393 e. The number of hydrogen-bond donors (Lipinski definition) is 4. The van der Waals surface area contributed by atoms with Crippen LogP contribution in [0.4, 0.5) is 10.1 Å². The lowest BCUT2D eigenvalue weighted by Gasteiger charge is -2.25. The number of rotatable bonds is 6. The third-order valence-electron chi connectivity index (χ3n) is 7.63. The highest BCUT2D eigenvalue weighted by Crippen LogP contribution is 2.57. The Morgan fingerprint density at radius 1 is 1.31 bits per heavy atom. The number of hydrogen-bond acceptors (Lipinski definition) is 6. The highest BCUT2D eigenvalue weighted by atomic mass is 35.5. The minimum absolute atomic E-state index is 0.0553. The number of nitrogens with zero attached hydrogens (tertiary/aromatic N) is 4. The summed E-state index contributed by atoms with van der Waals surface area (Å²) in [5, 5.41) is 38.1. The van der Waals surface area contributed by atoms with Gasteiger partial charge >= 0.3 is 0 Å². The van der Waals surface area contributed by atoms with Crippen LogP contribution in [0.25, 0.3) is 0 Å². The Morgan fingerprint density at radius 2 is 2.00 bits per heavy atom. The topological polar surface area (TPSA) is 125 Å². The van der Waals surface area contributed by atoms with Crippen molar-refractivity contribution in [3.63, 3.8) is 0 Å². The van der Waals surface area contributed by atoms with Gasteiger partial charge in [0.05, 0.1) is 34.9 Å². The summed E-state index contributed by atoms with van der Waals surface area (Å²) < 4.78 is 16.7. The lowest BCUT2D eigenvalue weighted by molar-refractivity contribution is 0.0275. The number of carbonyl (C=O) groups is 1. The van der Waals surface area contributed by atoms with Gasteiger partial charge in [0, 0.05) is 37.5 Å².